The molecule has 0 fully saturated rings. The third kappa shape index (κ3) is 8.24. The molecule has 0 aliphatic carbocycles. The van der Waals surface area contributed by atoms with Crippen LogP contribution in [0.4, 0.5) is 0 Å². The zero-order valence-electron chi connectivity index (χ0n) is 16.2. The van der Waals surface area contributed by atoms with Crippen LogP contribution in [0.5, 0.6) is 0 Å². The molecule has 0 amide bonds. The van der Waals surface area contributed by atoms with Crippen molar-refractivity contribution in [3.63, 3.8) is 0 Å². The molecule has 4 heteroatoms. The SMILES string of the molecule is CCC[O+](CCC)P([O+](CCC)CCC)[O+](CCC)CCC. The highest BCUT2D eigenvalue weighted by Gasteiger charge is 2.58. The molecule has 0 heterocycles. The minimum Gasteiger partial charge on any atom is -0.282 e. The van der Waals surface area contributed by atoms with E-state index in [0.29, 0.717) is 0 Å². The van der Waals surface area contributed by atoms with Gasteiger partial charge in [0.25, 0.3) is 0 Å². The van der Waals surface area contributed by atoms with Crippen molar-refractivity contribution in [3.05, 3.63) is 0 Å². The zero-order chi connectivity index (χ0) is 16.8. The van der Waals surface area contributed by atoms with Crippen molar-refractivity contribution < 1.29 is 12.5 Å². The van der Waals surface area contributed by atoms with Crippen LogP contribution in [0.1, 0.15) is 80.1 Å². The van der Waals surface area contributed by atoms with E-state index in [9.17, 15) is 0 Å². The van der Waals surface area contributed by atoms with Crippen LogP contribution in [0, 0.1) is 0 Å². The van der Waals surface area contributed by atoms with Gasteiger partial charge in [-0.15, -0.1) is 0 Å². The molecular formula is C18H42O3P+3. The highest BCUT2D eigenvalue weighted by molar-refractivity contribution is 7.43. The van der Waals surface area contributed by atoms with E-state index in [4.69, 9.17) is 0 Å². The van der Waals surface area contributed by atoms with E-state index in [1.54, 1.807) is 0 Å². The van der Waals surface area contributed by atoms with Crippen molar-refractivity contribution >= 4 is 8.60 Å². The van der Waals surface area contributed by atoms with E-state index in [1.807, 2.05) is 0 Å². The Bertz CT molecular complexity index is 182. The molecule has 0 N–H and O–H groups in total. The largest absolute Gasteiger partial charge is 0.921 e. The maximum Gasteiger partial charge on any atom is 0.921 e. The van der Waals surface area contributed by atoms with Gasteiger partial charge in [-0.05, 0) is 0 Å². The van der Waals surface area contributed by atoms with Crippen LogP contribution in [0.25, 0.3) is 0 Å². The molecule has 22 heavy (non-hydrogen) atoms. The molecule has 0 rings (SSSR count). The quantitative estimate of drug-likeness (QED) is 0.244. The molecule has 134 valence electrons. The van der Waals surface area contributed by atoms with Gasteiger partial charge in [-0.1, -0.05) is 41.5 Å². The van der Waals surface area contributed by atoms with Crippen LogP contribution < -0.4 is 0 Å². The minimum absolute atomic E-state index is 0.536. The first-order valence-corrected chi connectivity index (χ1v) is 10.6. The summed E-state index contributed by atoms with van der Waals surface area (Å²) in [6.45, 7) is 20.4. The van der Waals surface area contributed by atoms with Crippen molar-refractivity contribution in [1.82, 2.24) is 0 Å². The second-order valence-electron chi connectivity index (χ2n) is 5.84. The van der Waals surface area contributed by atoms with Gasteiger partial charge in [0.05, 0.1) is 0 Å². The van der Waals surface area contributed by atoms with E-state index >= 15 is 0 Å². The second kappa shape index (κ2) is 14.9. The highest BCUT2D eigenvalue weighted by Crippen LogP contribution is 2.58. The third-order valence-corrected chi connectivity index (χ3v) is 5.63. The lowest BCUT2D eigenvalue weighted by Gasteiger charge is -2.28. The van der Waals surface area contributed by atoms with E-state index < -0.39 is 8.60 Å². The molecule has 0 aromatic carbocycles. The number of hydrogen-bond donors (Lipinski definition) is 0. The Balaban J connectivity index is 5.34. The Morgan fingerprint density at radius 1 is 0.409 bits per heavy atom. The molecule has 0 aliphatic rings. The Morgan fingerprint density at radius 2 is 0.591 bits per heavy atom. The number of hydrogen-bond acceptors (Lipinski definition) is 0. The molecule has 0 radical (unpaired) electrons. The topological polar surface area (TPSA) is 8.10 Å². The number of rotatable bonds is 15. The van der Waals surface area contributed by atoms with Crippen LogP contribution in [-0.4, -0.2) is 39.6 Å². The summed E-state index contributed by atoms with van der Waals surface area (Å²) in [5, 5.41) is 0. The van der Waals surface area contributed by atoms with E-state index in [1.165, 1.54) is 38.5 Å². The molecule has 0 aromatic heterocycles. The standard InChI is InChI=1S/C18H42O3P/c1-7-13-19(14-8-2)22(20(15-9-3)16-10-4)21(17-11-5)18-12-6/h7-18H2,1-6H3/q+3. The van der Waals surface area contributed by atoms with E-state index in [0.717, 1.165) is 39.6 Å². The maximum atomic E-state index is 3.67. The predicted molar refractivity (Wildman–Crippen MR) is 101 cm³/mol. The van der Waals surface area contributed by atoms with Crippen molar-refractivity contribution in [2.24, 2.45) is 0 Å². The summed E-state index contributed by atoms with van der Waals surface area (Å²) in [6.07, 6.45) is 7.18. The zero-order valence-corrected chi connectivity index (χ0v) is 17.1. The summed E-state index contributed by atoms with van der Waals surface area (Å²) in [7, 11) is -0.536. The average molecular weight is 338 g/mol. The smallest absolute Gasteiger partial charge is 0.282 e. The first-order chi connectivity index (χ1) is 10.7. The van der Waals surface area contributed by atoms with Gasteiger partial charge in [0.1, 0.15) is 0 Å². The molecule has 0 saturated carbocycles. The third-order valence-electron chi connectivity index (χ3n) is 3.27. The van der Waals surface area contributed by atoms with Gasteiger partial charge in [0.2, 0.25) is 0 Å². The van der Waals surface area contributed by atoms with Crippen molar-refractivity contribution in [2.75, 3.05) is 39.6 Å². The normalized spacial score (nSPS) is 12.3. The molecule has 0 spiro atoms. The molecule has 0 bridgehead atoms. The molecule has 0 aromatic rings. The summed E-state index contributed by atoms with van der Waals surface area (Å²) in [6, 6.07) is 0. The van der Waals surface area contributed by atoms with Crippen LogP contribution in [0.2, 0.25) is 0 Å². The van der Waals surface area contributed by atoms with Gasteiger partial charge in [0.15, 0.2) is 39.6 Å². The summed E-state index contributed by atoms with van der Waals surface area (Å²) >= 11 is 0. The summed E-state index contributed by atoms with van der Waals surface area (Å²) in [5.41, 5.74) is 0. The van der Waals surface area contributed by atoms with Gasteiger partial charge >= 0.3 is 8.60 Å². The monoisotopic (exact) mass is 337 g/mol. The van der Waals surface area contributed by atoms with Gasteiger partial charge in [0, 0.05) is 38.5 Å². The van der Waals surface area contributed by atoms with Crippen LogP contribution >= 0.6 is 8.60 Å². The molecule has 0 unspecified atom stereocenters. The van der Waals surface area contributed by atoms with Gasteiger partial charge < -0.3 is 0 Å². The van der Waals surface area contributed by atoms with Gasteiger partial charge in [-0.3, -0.25) is 12.5 Å². The summed E-state index contributed by atoms with van der Waals surface area (Å²) in [5.74, 6) is 0. The Hall–Kier alpha value is 0.310. The second-order valence-corrected chi connectivity index (χ2v) is 7.83. The van der Waals surface area contributed by atoms with Gasteiger partial charge in [-0.2, -0.15) is 0 Å². The van der Waals surface area contributed by atoms with Crippen LogP contribution in [0.15, 0.2) is 0 Å². The lowest BCUT2D eigenvalue weighted by molar-refractivity contribution is -0.150. The molecule has 0 saturated heterocycles. The Morgan fingerprint density at radius 3 is 0.727 bits per heavy atom. The summed E-state index contributed by atoms with van der Waals surface area (Å²) in [4.78, 5) is 0. The first-order valence-electron chi connectivity index (χ1n) is 9.52. The maximum absolute atomic E-state index is 3.67. The Kier molecular flexibility index (Phi) is 15.1. The fraction of sp³-hybridized carbons (Fsp3) is 1.00. The molecular weight excluding hydrogens is 295 g/mol. The highest BCUT2D eigenvalue weighted by atomic mass is 31.2. The molecule has 3 nitrogen and oxygen atoms in total. The summed E-state index contributed by atoms with van der Waals surface area (Å²) < 4.78 is 11.0. The van der Waals surface area contributed by atoms with Crippen molar-refractivity contribution in [3.8, 4) is 0 Å². The minimum atomic E-state index is -0.536. The van der Waals surface area contributed by atoms with Crippen LogP contribution in [0.3, 0.4) is 0 Å². The first kappa shape index (κ1) is 22.3. The van der Waals surface area contributed by atoms with Gasteiger partial charge in [-0.25, -0.2) is 0 Å². The van der Waals surface area contributed by atoms with Crippen LogP contribution in [-0.2, 0) is 12.5 Å². The average Bonchev–Trinajstić information content (AvgIpc) is 2.49. The van der Waals surface area contributed by atoms with E-state index in [-0.39, 0.29) is 0 Å². The van der Waals surface area contributed by atoms with Crippen molar-refractivity contribution in [2.45, 2.75) is 80.1 Å². The Labute approximate surface area is 141 Å². The van der Waals surface area contributed by atoms with E-state index in [2.05, 4.69) is 54.0 Å². The van der Waals surface area contributed by atoms with Crippen molar-refractivity contribution in [1.29, 1.82) is 0 Å². The molecule has 0 aliphatic heterocycles. The predicted octanol–water partition coefficient (Wildman–Crippen LogP) is 6.33. The fourth-order valence-electron chi connectivity index (χ4n) is 2.61. The molecule has 0 atom stereocenters. The fourth-order valence-corrected chi connectivity index (χ4v) is 5.50. The lowest BCUT2D eigenvalue weighted by Crippen LogP contribution is -2.28. The lowest BCUT2D eigenvalue weighted by atomic mass is 10.5.